The fourth-order valence-electron chi connectivity index (χ4n) is 0.900. The largest absolute Gasteiger partial charge is 0.347 e. The molecular formula is C3H6BN. The van der Waals surface area contributed by atoms with E-state index in [1.54, 1.807) is 0 Å². The summed E-state index contributed by atoms with van der Waals surface area (Å²) in [6, 6.07) is 0. The highest BCUT2D eigenvalue weighted by atomic mass is 15.2. The SMILES string of the molecule is C1CN2CB12. The van der Waals surface area contributed by atoms with Crippen LogP contribution in [0.15, 0.2) is 0 Å². The van der Waals surface area contributed by atoms with Gasteiger partial charge in [0, 0.05) is 0 Å². The Morgan fingerprint density at radius 3 is 2.40 bits per heavy atom. The zero-order valence-corrected chi connectivity index (χ0v) is 3.15. The van der Waals surface area contributed by atoms with Gasteiger partial charge in [-0.2, -0.15) is 0 Å². The second-order valence-corrected chi connectivity index (χ2v) is 1.94. The van der Waals surface area contributed by atoms with Gasteiger partial charge < -0.3 is 4.81 Å². The van der Waals surface area contributed by atoms with Crippen LogP contribution in [0.4, 0.5) is 0 Å². The normalized spacial score (nSPS) is 43.2. The molecule has 2 aliphatic rings. The van der Waals surface area contributed by atoms with Crippen molar-refractivity contribution in [3.8, 4) is 0 Å². The van der Waals surface area contributed by atoms with Gasteiger partial charge in [-0.3, -0.25) is 0 Å². The fourth-order valence-corrected chi connectivity index (χ4v) is 0.900. The number of hydrogen-bond acceptors (Lipinski definition) is 1. The molecule has 0 N–H and O–H groups in total. The first-order valence-corrected chi connectivity index (χ1v) is 2.21. The van der Waals surface area contributed by atoms with E-state index in [-0.39, 0.29) is 0 Å². The summed E-state index contributed by atoms with van der Waals surface area (Å²) in [5.41, 5.74) is 0. The molecule has 0 aromatic rings. The smallest absolute Gasteiger partial charge is 0.237 e. The summed E-state index contributed by atoms with van der Waals surface area (Å²) in [6.07, 6.45) is 2.90. The van der Waals surface area contributed by atoms with Gasteiger partial charge in [-0.05, 0) is 19.3 Å². The molecule has 2 heteroatoms. The molecule has 0 aromatic heterocycles. The van der Waals surface area contributed by atoms with E-state index in [4.69, 9.17) is 0 Å². The molecule has 0 amide bonds. The van der Waals surface area contributed by atoms with Crippen LogP contribution in [0.1, 0.15) is 0 Å². The molecule has 2 fully saturated rings. The Kier molecular flexibility index (Phi) is 0.203. The van der Waals surface area contributed by atoms with Crippen molar-refractivity contribution in [2.75, 3.05) is 13.0 Å². The maximum Gasteiger partial charge on any atom is 0.237 e. The Balaban J connectivity index is 2.19. The van der Waals surface area contributed by atoms with Crippen molar-refractivity contribution in [2.45, 2.75) is 6.32 Å². The predicted molar refractivity (Wildman–Crippen MR) is 22.1 cm³/mol. The highest BCUT2D eigenvalue weighted by Crippen LogP contribution is 2.27. The van der Waals surface area contributed by atoms with Gasteiger partial charge in [0.25, 0.3) is 0 Å². The summed E-state index contributed by atoms with van der Waals surface area (Å²) in [7, 11) is 0. The molecule has 2 aliphatic heterocycles. The fraction of sp³-hybridized carbons (Fsp3) is 1.00. The molecule has 0 saturated carbocycles. The third-order valence-corrected chi connectivity index (χ3v) is 1.58. The lowest BCUT2D eigenvalue weighted by molar-refractivity contribution is 0.608. The summed E-state index contributed by atoms with van der Waals surface area (Å²) in [5, 5.41) is 0. The van der Waals surface area contributed by atoms with Crippen molar-refractivity contribution in [3.05, 3.63) is 0 Å². The standard InChI is InChI=1S/C3H6BN/c1-2-5-3-4(1)5/h1-3H2. The highest BCUT2D eigenvalue weighted by Gasteiger charge is 2.45. The third-order valence-electron chi connectivity index (χ3n) is 1.58. The lowest BCUT2D eigenvalue weighted by atomic mass is 9.67. The van der Waals surface area contributed by atoms with Crippen LogP contribution in [0.25, 0.3) is 0 Å². The molecule has 0 bridgehead atoms. The van der Waals surface area contributed by atoms with E-state index in [0.717, 1.165) is 6.85 Å². The maximum atomic E-state index is 2.47. The minimum atomic E-state index is 1.06. The van der Waals surface area contributed by atoms with Crippen molar-refractivity contribution in [3.63, 3.8) is 0 Å². The van der Waals surface area contributed by atoms with E-state index in [1.807, 2.05) is 0 Å². The first-order valence-electron chi connectivity index (χ1n) is 2.21. The van der Waals surface area contributed by atoms with Crippen LogP contribution in [0.2, 0.25) is 6.32 Å². The maximum absolute atomic E-state index is 2.47. The van der Waals surface area contributed by atoms with Crippen LogP contribution in [-0.4, -0.2) is 24.6 Å². The van der Waals surface area contributed by atoms with Gasteiger partial charge >= 0.3 is 0 Å². The topological polar surface area (TPSA) is 3.01 Å². The van der Waals surface area contributed by atoms with Crippen LogP contribution in [0.5, 0.6) is 0 Å². The van der Waals surface area contributed by atoms with E-state index >= 15 is 0 Å². The Morgan fingerprint density at radius 2 is 2.40 bits per heavy atom. The van der Waals surface area contributed by atoms with E-state index < -0.39 is 0 Å². The molecule has 2 rings (SSSR count). The first-order chi connectivity index (χ1) is 2.47. The zero-order valence-electron chi connectivity index (χ0n) is 3.15. The molecule has 0 radical (unpaired) electrons. The van der Waals surface area contributed by atoms with Gasteiger partial charge in [-0.1, -0.05) is 0 Å². The van der Waals surface area contributed by atoms with Crippen LogP contribution in [0, 0.1) is 0 Å². The molecule has 1 nitrogen and oxygen atoms in total. The minimum absolute atomic E-state index is 1.06. The first kappa shape index (κ1) is 2.24. The number of hydrogen-bond donors (Lipinski definition) is 0. The molecule has 2 saturated heterocycles. The van der Waals surface area contributed by atoms with Crippen LogP contribution < -0.4 is 0 Å². The van der Waals surface area contributed by atoms with Crippen LogP contribution >= 0.6 is 0 Å². The average Bonchev–Trinajstić information content (AvgIpc) is 1.74. The Hall–Kier alpha value is 0.0249. The summed E-state index contributed by atoms with van der Waals surface area (Å²) in [5.74, 6) is 0. The summed E-state index contributed by atoms with van der Waals surface area (Å²) in [4.78, 5) is 2.47. The van der Waals surface area contributed by atoms with Gasteiger partial charge in [0.2, 0.25) is 6.85 Å². The molecule has 0 aliphatic carbocycles. The molecule has 1 unspecified atom stereocenters. The van der Waals surface area contributed by atoms with Crippen molar-refractivity contribution in [1.82, 2.24) is 4.81 Å². The summed E-state index contributed by atoms with van der Waals surface area (Å²) in [6.45, 7) is 2.46. The van der Waals surface area contributed by atoms with Gasteiger partial charge in [0.05, 0.1) is 0 Å². The van der Waals surface area contributed by atoms with E-state index in [0.29, 0.717) is 0 Å². The molecule has 0 aromatic carbocycles. The minimum Gasteiger partial charge on any atom is -0.347 e. The third kappa shape index (κ3) is 0.136. The van der Waals surface area contributed by atoms with E-state index in [1.165, 1.54) is 19.3 Å². The number of fused-ring (bicyclic) bond motifs is 1. The molecule has 2 heterocycles. The van der Waals surface area contributed by atoms with E-state index in [9.17, 15) is 0 Å². The van der Waals surface area contributed by atoms with Crippen LogP contribution in [-0.2, 0) is 0 Å². The molecular weight excluding hydrogens is 60.9 g/mol. The molecule has 5 heavy (non-hydrogen) atoms. The molecule has 1 atom stereocenters. The lowest BCUT2D eigenvalue weighted by Gasteiger charge is -2.07. The lowest BCUT2D eigenvalue weighted by Crippen LogP contribution is -2.19. The Morgan fingerprint density at radius 1 is 1.60 bits per heavy atom. The summed E-state index contributed by atoms with van der Waals surface area (Å²) >= 11 is 0. The van der Waals surface area contributed by atoms with Gasteiger partial charge in [0.15, 0.2) is 0 Å². The van der Waals surface area contributed by atoms with Crippen molar-refractivity contribution < 1.29 is 0 Å². The number of rotatable bonds is 0. The highest BCUT2D eigenvalue weighted by molar-refractivity contribution is 6.68. The second kappa shape index (κ2) is 0.452. The predicted octanol–water partition coefficient (Wildman–Crippen LogP) is -0.154. The number of nitrogens with zero attached hydrogens (tertiary/aromatic N) is 1. The van der Waals surface area contributed by atoms with Gasteiger partial charge in [0.1, 0.15) is 0 Å². The van der Waals surface area contributed by atoms with Gasteiger partial charge in [-0.15, -0.1) is 0 Å². The molecule has 0 spiro atoms. The second-order valence-electron chi connectivity index (χ2n) is 1.94. The van der Waals surface area contributed by atoms with Crippen molar-refractivity contribution >= 4 is 6.85 Å². The van der Waals surface area contributed by atoms with Crippen molar-refractivity contribution in [1.29, 1.82) is 0 Å². The Labute approximate surface area is 32.1 Å². The monoisotopic (exact) mass is 67.1 g/mol. The van der Waals surface area contributed by atoms with E-state index in [2.05, 4.69) is 4.81 Å². The average molecular weight is 66.9 g/mol. The van der Waals surface area contributed by atoms with Crippen molar-refractivity contribution in [2.24, 2.45) is 0 Å². The van der Waals surface area contributed by atoms with Gasteiger partial charge in [-0.25, -0.2) is 0 Å². The quantitative estimate of drug-likeness (QED) is 0.281. The summed E-state index contributed by atoms with van der Waals surface area (Å²) < 4.78 is 0. The zero-order chi connectivity index (χ0) is 3.28. The molecule has 26 valence electrons. The Bertz CT molecular complexity index is 51.9. The van der Waals surface area contributed by atoms with Crippen LogP contribution in [0.3, 0.4) is 0 Å².